The van der Waals surface area contributed by atoms with Gasteiger partial charge in [-0.1, -0.05) is 0 Å². The van der Waals surface area contributed by atoms with Crippen molar-refractivity contribution in [3.63, 3.8) is 0 Å². The molecule has 7 nitrogen and oxygen atoms in total. The van der Waals surface area contributed by atoms with Crippen molar-refractivity contribution in [2.75, 3.05) is 20.7 Å². The van der Waals surface area contributed by atoms with Crippen molar-refractivity contribution >= 4 is 21.9 Å². The van der Waals surface area contributed by atoms with Crippen LogP contribution in [0.15, 0.2) is 27.4 Å². The van der Waals surface area contributed by atoms with Crippen molar-refractivity contribution in [3.8, 4) is 28.7 Å². The Morgan fingerprint density at radius 1 is 0.913 bits per heavy atom. The van der Waals surface area contributed by atoms with Crippen LogP contribution >= 0.6 is 0 Å². The summed E-state index contributed by atoms with van der Waals surface area (Å²) in [5.74, 6) is 2.08. The average Bonchev–Trinajstić information content (AvgIpc) is 3.20. The molecule has 0 bridgehead atoms. The van der Waals surface area contributed by atoms with E-state index >= 15 is 0 Å². The van der Waals surface area contributed by atoms with Crippen LogP contribution in [0.25, 0.3) is 21.9 Å². The highest BCUT2D eigenvalue weighted by Crippen LogP contribution is 2.47. The fourth-order valence-corrected chi connectivity index (χ4v) is 2.98. The van der Waals surface area contributed by atoms with Gasteiger partial charge in [-0.25, -0.2) is 0 Å². The molecule has 0 unspecified atom stereocenters. The van der Waals surface area contributed by atoms with Gasteiger partial charge in [-0.05, 0) is 12.1 Å². The Bertz CT molecular complexity index is 1030. The molecule has 0 fully saturated rings. The molecule has 1 aromatic heterocycles. The maximum atomic E-state index is 13.1. The summed E-state index contributed by atoms with van der Waals surface area (Å²) >= 11 is 0. The van der Waals surface area contributed by atoms with E-state index in [1.54, 1.807) is 18.2 Å². The normalized spacial score (nSPS) is 14.7. The summed E-state index contributed by atoms with van der Waals surface area (Å²) in [5.41, 5.74) is 0.508. The SMILES string of the molecule is COc1c2c(cc3oc4ccc5c(c4c(=O)c13)OCO5)OCO2. The molecule has 116 valence electrons. The third-order valence-electron chi connectivity index (χ3n) is 3.96. The molecule has 7 heteroatoms. The molecule has 0 atom stereocenters. The number of fused-ring (bicyclic) bond motifs is 5. The van der Waals surface area contributed by atoms with Crippen LogP contribution < -0.4 is 29.1 Å². The van der Waals surface area contributed by atoms with Crippen molar-refractivity contribution in [2.24, 2.45) is 0 Å². The lowest BCUT2D eigenvalue weighted by molar-refractivity contribution is 0.171. The second-order valence-corrected chi connectivity index (χ2v) is 5.12. The van der Waals surface area contributed by atoms with Gasteiger partial charge in [0.1, 0.15) is 21.9 Å². The van der Waals surface area contributed by atoms with Crippen LogP contribution in [-0.4, -0.2) is 20.7 Å². The Balaban J connectivity index is 2.00. The zero-order chi connectivity index (χ0) is 15.6. The molecular formula is C16H10O7. The number of methoxy groups -OCH3 is 1. The summed E-state index contributed by atoms with van der Waals surface area (Å²) in [6, 6.07) is 5.02. The highest BCUT2D eigenvalue weighted by atomic mass is 16.7. The number of benzene rings is 2. The average molecular weight is 314 g/mol. The maximum absolute atomic E-state index is 13.1. The molecule has 2 aliphatic heterocycles. The largest absolute Gasteiger partial charge is 0.492 e. The summed E-state index contributed by atoms with van der Waals surface area (Å²) in [7, 11) is 1.47. The predicted molar refractivity (Wildman–Crippen MR) is 78.8 cm³/mol. The molecule has 2 aromatic carbocycles. The Morgan fingerprint density at radius 2 is 1.70 bits per heavy atom. The van der Waals surface area contributed by atoms with Gasteiger partial charge in [0, 0.05) is 6.07 Å². The van der Waals surface area contributed by atoms with Gasteiger partial charge in [-0.3, -0.25) is 4.79 Å². The van der Waals surface area contributed by atoms with Crippen LogP contribution in [0.1, 0.15) is 0 Å². The van der Waals surface area contributed by atoms with Crippen molar-refractivity contribution in [1.82, 2.24) is 0 Å². The smallest absolute Gasteiger partial charge is 0.231 e. The Morgan fingerprint density at radius 3 is 2.52 bits per heavy atom. The Labute approximate surface area is 128 Å². The minimum Gasteiger partial charge on any atom is -0.492 e. The second kappa shape index (κ2) is 4.22. The summed E-state index contributed by atoms with van der Waals surface area (Å²) in [5, 5.41) is 0.609. The molecule has 0 saturated carbocycles. The van der Waals surface area contributed by atoms with Crippen LogP contribution in [0.2, 0.25) is 0 Å². The minimum absolute atomic E-state index is 0.0715. The van der Waals surface area contributed by atoms with E-state index in [0.29, 0.717) is 45.3 Å². The highest BCUT2D eigenvalue weighted by molar-refractivity contribution is 5.99. The standard InChI is InChI=1S/C16H10O7/c1-18-16-12-9(4-10-15(16)22-6-20-10)23-7-2-3-8-14(21-5-19-8)11(7)13(12)17/h2-4H,5-6H2,1H3. The first-order valence-corrected chi connectivity index (χ1v) is 6.93. The molecule has 0 radical (unpaired) electrons. The monoisotopic (exact) mass is 314 g/mol. The molecule has 3 aromatic rings. The minimum atomic E-state index is -0.265. The van der Waals surface area contributed by atoms with Crippen LogP contribution in [0.5, 0.6) is 28.7 Å². The molecule has 0 saturated heterocycles. The highest BCUT2D eigenvalue weighted by Gasteiger charge is 2.28. The molecular weight excluding hydrogens is 304 g/mol. The molecule has 2 aliphatic rings. The first kappa shape index (κ1) is 12.5. The van der Waals surface area contributed by atoms with E-state index in [1.807, 2.05) is 0 Å². The van der Waals surface area contributed by atoms with E-state index in [1.165, 1.54) is 7.11 Å². The predicted octanol–water partition coefficient (Wildman–Crippen LogP) is 2.41. The summed E-state index contributed by atoms with van der Waals surface area (Å²) in [6.07, 6.45) is 0. The van der Waals surface area contributed by atoms with Crippen LogP contribution in [-0.2, 0) is 0 Å². The first-order valence-electron chi connectivity index (χ1n) is 6.93. The summed E-state index contributed by atoms with van der Waals surface area (Å²) < 4.78 is 32.8. The van der Waals surface area contributed by atoms with E-state index in [-0.39, 0.29) is 24.4 Å². The first-order chi connectivity index (χ1) is 11.3. The van der Waals surface area contributed by atoms with Crippen molar-refractivity contribution in [2.45, 2.75) is 0 Å². The topological polar surface area (TPSA) is 76.4 Å². The number of rotatable bonds is 1. The van der Waals surface area contributed by atoms with Gasteiger partial charge < -0.3 is 28.1 Å². The summed E-state index contributed by atoms with van der Waals surface area (Å²) in [6.45, 7) is 0.145. The van der Waals surface area contributed by atoms with Gasteiger partial charge in [0.05, 0.1) is 7.11 Å². The number of hydrogen-bond donors (Lipinski definition) is 0. The van der Waals surface area contributed by atoms with E-state index in [4.69, 9.17) is 28.1 Å². The van der Waals surface area contributed by atoms with Crippen molar-refractivity contribution in [1.29, 1.82) is 0 Å². The lowest BCUT2D eigenvalue weighted by Crippen LogP contribution is -2.06. The van der Waals surface area contributed by atoms with Gasteiger partial charge in [-0.2, -0.15) is 0 Å². The van der Waals surface area contributed by atoms with Crippen molar-refractivity contribution in [3.05, 3.63) is 28.4 Å². The lowest BCUT2D eigenvalue weighted by Gasteiger charge is -2.09. The van der Waals surface area contributed by atoms with Gasteiger partial charge in [-0.15, -0.1) is 0 Å². The molecule has 5 rings (SSSR count). The van der Waals surface area contributed by atoms with Crippen LogP contribution in [0.4, 0.5) is 0 Å². The quantitative estimate of drug-likeness (QED) is 0.638. The lowest BCUT2D eigenvalue weighted by atomic mass is 10.1. The van der Waals surface area contributed by atoms with Crippen LogP contribution in [0, 0.1) is 0 Å². The Hall–Kier alpha value is -3.09. The fourth-order valence-electron chi connectivity index (χ4n) is 2.98. The number of ether oxygens (including phenoxy) is 5. The molecule has 0 N–H and O–H groups in total. The number of hydrogen-bond acceptors (Lipinski definition) is 7. The molecule has 0 aliphatic carbocycles. The van der Waals surface area contributed by atoms with E-state index < -0.39 is 0 Å². The molecule has 23 heavy (non-hydrogen) atoms. The van der Waals surface area contributed by atoms with Gasteiger partial charge in [0.15, 0.2) is 23.0 Å². The van der Waals surface area contributed by atoms with Gasteiger partial charge >= 0.3 is 0 Å². The second-order valence-electron chi connectivity index (χ2n) is 5.12. The van der Waals surface area contributed by atoms with E-state index in [9.17, 15) is 4.79 Å². The maximum Gasteiger partial charge on any atom is 0.231 e. The van der Waals surface area contributed by atoms with E-state index in [2.05, 4.69) is 0 Å². The molecule has 3 heterocycles. The van der Waals surface area contributed by atoms with Gasteiger partial charge in [0.25, 0.3) is 0 Å². The third-order valence-corrected chi connectivity index (χ3v) is 3.96. The summed E-state index contributed by atoms with van der Waals surface area (Å²) in [4.78, 5) is 13.1. The third kappa shape index (κ3) is 1.51. The molecule has 0 amide bonds. The van der Waals surface area contributed by atoms with Crippen LogP contribution in [0.3, 0.4) is 0 Å². The fraction of sp³-hybridized carbons (Fsp3) is 0.188. The molecule has 0 spiro atoms. The van der Waals surface area contributed by atoms with Crippen molar-refractivity contribution < 1.29 is 28.1 Å². The Kier molecular flexibility index (Phi) is 2.29. The zero-order valence-electron chi connectivity index (χ0n) is 12.0. The zero-order valence-corrected chi connectivity index (χ0v) is 12.0. The van der Waals surface area contributed by atoms with Gasteiger partial charge in [0.2, 0.25) is 24.8 Å². The van der Waals surface area contributed by atoms with E-state index in [0.717, 1.165) is 0 Å².